The van der Waals surface area contributed by atoms with E-state index in [1.807, 2.05) is 41.1 Å². The molecule has 1 atom stereocenters. The fourth-order valence-electron chi connectivity index (χ4n) is 2.64. The van der Waals surface area contributed by atoms with Crippen LogP contribution < -0.4 is 15.0 Å². The second-order valence-electron chi connectivity index (χ2n) is 5.46. The van der Waals surface area contributed by atoms with Crippen molar-refractivity contribution in [3.63, 3.8) is 0 Å². The van der Waals surface area contributed by atoms with Crippen molar-refractivity contribution in [2.75, 3.05) is 18.6 Å². The third-order valence-corrected chi connectivity index (χ3v) is 4.64. The number of hydrogen-bond acceptors (Lipinski definition) is 4. The number of rotatable bonds is 5. The molecule has 23 heavy (non-hydrogen) atoms. The van der Waals surface area contributed by atoms with Gasteiger partial charge < -0.3 is 15.0 Å². The van der Waals surface area contributed by atoms with Gasteiger partial charge in [0.15, 0.2) is 0 Å². The molecule has 0 aliphatic carbocycles. The number of carbonyl (C=O) groups excluding carboxylic acids is 2. The van der Waals surface area contributed by atoms with Gasteiger partial charge in [0.05, 0.1) is 13.0 Å². The molecular formula is C17H18N2O3S. The molecule has 6 heteroatoms. The van der Waals surface area contributed by atoms with Crippen LogP contribution in [0, 0.1) is 5.92 Å². The van der Waals surface area contributed by atoms with E-state index in [0.717, 1.165) is 11.3 Å². The molecule has 1 aliphatic rings. The minimum atomic E-state index is -0.313. The lowest BCUT2D eigenvalue weighted by atomic mass is 10.1. The number of amides is 2. The molecule has 1 aromatic carbocycles. The van der Waals surface area contributed by atoms with Crippen LogP contribution in [-0.4, -0.2) is 25.5 Å². The minimum Gasteiger partial charge on any atom is -0.497 e. The lowest BCUT2D eigenvalue weighted by molar-refractivity contribution is -0.126. The molecule has 1 saturated heterocycles. The zero-order valence-electron chi connectivity index (χ0n) is 12.8. The molecule has 1 N–H and O–H groups in total. The van der Waals surface area contributed by atoms with Crippen LogP contribution in [0.25, 0.3) is 0 Å². The highest BCUT2D eigenvalue weighted by molar-refractivity contribution is 7.07. The van der Waals surface area contributed by atoms with Crippen LogP contribution in [0.2, 0.25) is 0 Å². The third-order valence-electron chi connectivity index (χ3n) is 3.91. The van der Waals surface area contributed by atoms with E-state index in [4.69, 9.17) is 4.74 Å². The van der Waals surface area contributed by atoms with Gasteiger partial charge in [-0.3, -0.25) is 9.59 Å². The fourth-order valence-corrected chi connectivity index (χ4v) is 3.31. The maximum absolute atomic E-state index is 12.3. The highest BCUT2D eigenvalue weighted by Crippen LogP contribution is 2.28. The van der Waals surface area contributed by atoms with Crippen LogP contribution in [-0.2, 0) is 16.1 Å². The number of methoxy groups -OCH3 is 1. The summed E-state index contributed by atoms with van der Waals surface area (Å²) in [5.41, 5.74) is 1.85. The molecule has 2 heterocycles. The average molecular weight is 330 g/mol. The van der Waals surface area contributed by atoms with Crippen LogP contribution in [0.15, 0.2) is 41.1 Å². The molecule has 1 fully saturated rings. The minimum absolute atomic E-state index is 0.0334. The first-order valence-electron chi connectivity index (χ1n) is 7.40. The normalized spacial score (nSPS) is 17.3. The van der Waals surface area contributed by atoms with Gasteiger partial charge in [-0.1, -0.05) is 6.07 Å². The zero-order valence-corrected chi connectivity index (χ0v) is 13.6. The van der Waals surface area contributed by atoms with Crippen molar-refractivity contribution < 1.29 is 14.3 Å². The average Bonchev–Trinajstić information content (AvgIpc) is 3.22. The number of carbonyl (C=O) groups is 2. The first-order valence-corrected chi connectivity index (χ1v) is 8.35. The van der Waals surface area contributed by atoms with E-state index >= 15 is 0 Å². The number of benzene rings is 1. The highest BCUT2D eigenvalue weighted by Gasteiger charge is 2.35. The summed E-state index contributed by atoms with van der Waals surface area (Å²) in [4.78, 5) is 26.2. The second-order valence-corrected chi connectivity index (χ2v) is 6.24. The monoisotopic (exact) mass is 330 g/mol. The van der Waals surface area contributed by atoms with E-state index in [1.54, 1.807) is 23.3 Å². The highest BCUT2D eigenvalue weighted by atomic mass is 32.1. The van der Waals surface area contributed by atoms with E-state index in [2.05, 4.69) is 5.32 Å². The quantitative estimate of drug-likeness (QED) is 0.916. The molecule has 2 aromatic rings. The molecule has 0 unspecified atom stereocenters. The zero-order chi connectivity index (χ0) is 16.2. The van der Waals surface area contributed by atoms with Gasteiger partial charge in [0, 0.05) is 31.3 Å². The van der Waals surface area contributed by atoms with Crippen molar-refractivity contribution >= 4 is 28.8 Å². The molecule has 0 spiro atoms. The Labute approximate surface area is 138 Å². The number of anilines is 1. The van der Waals surface area contributed by atoms with E-state index in [0.29, 0.717) is 18.8 Å². The number of nitrogens with zero attached hydrogens (tertiary/aromatic N) is 1. The summed E-state index contributed by atoms with van der Waals surface area (Å²) in [6.07, 6.45) is 0.243. The van der Waals surface area contributed by atoms with Crippen LogP contribution in [0.4, 0.5) is 5.69 Å². The molecule has 0 radical (unpaired) electrons. The van der Waals surface area contributed by atoms with E-state index in [1.165, 1.54) is 0 Å². The van der Waals surface area contributed by atoms with Crippen molar-refractivity contribution in [3.05, 3.63) is 46.7 Å². The number of ether oxygens (including phenoxy) is 1. The van der Waals surface area contributed by atoms with E-state index in [9.17, 15) is 9.59 Å². The van der Waals surface area contributed by atoms with Gasteiger partial charge >= 0.3 is 0 Å². The van der Waals surface area contributed by atoms with E-state index in [-0.39, 0.29) is 24.2 Å². The second kappa shape index (κ2) is 6.83. The van der Waals surface area contributed by atoms with Gasteiger partial charge in [0.2, 0.25) is 11.8 Å². The smallest absolute Gasteiger partial charge is 0.227 e. The van der Waals surface area contributed by atoms with Crippen LogP contribution in [0.3, 0.4) is 0 Å². The Hall–Kier alpha value is -2.34. The summed E-state index contributed by atoms with van der Waals surface area (Å²) in [6.45, 7) is 0.910. The predicted octanol–water partition coefficient (Wildman–Crippen LogP) is 2.43. The first-order chi connectivity index (χ1) is 11.2. The summed E-state index contributed by atoms with van der Waals surface area (Å²) in [7, 11) is 1.59. The first kappa shape index (κ1) is 15.6. The standard InChI is InChI=1S/C17H18N2O3S/c1-22-15-4-2-3-14(8-15)19-10-13(7-16(19)20)17(21)18-9-12-5-6-23-11-12/h2-6,8,11,13H,7,9-10H2,1H3,(H,18,21)/t13-/m0/s1. The summed E-state index contributed by atoms with van der Waals surface area (Å²) >= 11 is 1.60. The summed E-state index contributed by atoms with van der Waals surface area (Å²) in [5.74, 6) is 0.275. The largest absolute Gasteiger partial charge is 0.497 e. The van der Waals surface area contributed by atoms with Gasteiger partial charge in [-0.15, -0.1) is 0 Å². The molecule has 120 valence electrons. The van der Waals surface area contributed by atoms with Crippen molar-refractivity contribution in [2.45, 2.75) is 13.0 Å². The maximum atomic E-state index is 12.3. The van der Waals surface area contributed by atoms with Crippen LogP contribution in [0.1, 0.15) is 12.0 Å². The summed E-state index contributed by atoms with van der Waals surface area (Å²) in [6, 6.07) is 9.31. The number of hydrogen-bond donors (Lipinski definition) is 1. The van der Waals surface area contributed by atoms with Crippen molar-refractivity contribution in [3.8, 4) is 5.75 Å². The molecule has 2 amide bonds. The van der Waals surface area contributed by atoms with Gasteiger partial charge in [-0.25, -0.2) is 0 Å². The SMILES string of the molecule is COc1cccc(N2C[C@@H](C(=O)NCc3ccsc3)CC2=O)c1. The van der Waals surface area contributed by atoms with Gasteiger partial charge in [-0.2, -0.15) is 11.3 Å². The molecule has 1 aromatic heterocycles. The van der Waals surface area contributed by atoms with Crippen LogP contribution >= 0.6 is 11.3 Å². The Balaban J connectivity index is 1.63. The Kier molecular flexibility index (Phi) is 4.62. The third kappa shape index (κ3) is 3.53. The van der Waals surface area contributed by atoms with Gasteiger partial charge in [0.1, 0.15) is 5.75 Å². The lowest BCUT2D eigenvalue weighted by Crippen LogP contribution is -2.32. The molecule has 5 nitrogen and oxygen atoms in total. The number of nitrogens with one attached hydrogen (secondary N) is 1. The van der Waals surface area contributed by atoms with Crippen molar-refractivity contribution in [1.82, 2.24) is 5.32 Å². The summed E-state index contributed by atoms with van der Waals surface area (Å²) in [5, 5.41) is 6.89. The predicted molar refractivity (Wildman–Crippen MR) is 89.6 cm³/mol. The molecule has 3 rings (SSSR count). The molecular weight excluding hydrogens is 312 g/mol. The topological polar surface area (TPSA) is 58.6 Å². The van der Waals surface area contributed by atoms with Crippen molar-refractivity contribution in [1.29, 1.82) is 0 Å². The lowest BCUT2D eigenvalue weighted by Gasteiger charge is -2.17. The Morgan fingerprint density at radius 1 is 1.43 bits per heavy atom. The van der Waals surface area contributed by atoms with Gasteiger partial charge in [0.25, 0.3) is 0 Å². The van der Waals surface area contributed by atoms with Crippen molar-refractivity contribution in [2.24, 2.45) is 5.92 Å². The Morgan fingerprint density at radius 2 is 2.30 bits per heavy atom. The Morgan fingerprint density at radius 3 is 3.04 bits per heavy atom. The number of thiophene rings is 1. The summed E-state index contributed by atoms with van der Waals surface area (Å²) < 4.78 is 5.19. The fraction of sp³-hybridized carbons (Fsp3) is 0.294. The molecule has 0 bridgehead atoms. The van der Waals surface area contributed by atoms with E-state index < -0.39 is 0 Å². The molecule has 0 saturated carbocycles. The van der Waals surface area contributed by atoms with Crippen LogP contribution in [0.5, 0.6) is 5.75 Å². The molecule has 1 aliphatic heterocycles. The van der Waals surface area contributed by atoms with Gasteiger partial charge in [-0.05, 0) is 34.5 Å². The Bertz CT molecular complexity index is 700. The maximum Gasteiger partial charge on any atom is 0.227 e.